The van der Waals surface area contributed by atoms with Crippen LogP contribution in [0.2, 0.25) is 0 Å². The van der Waals surface area contributed by atoms with Crippen LogP contribution in [0.15, 0.2) is 54.6 Å². The molecule has 0 atom stereocenters. The van der Waals surface area contributed by atoms with E-state index in [0.717, 1.165) is 37.2 Å². The summed E-state index contributed by atoms with van der Waals surface area (Å²) in [5.74, 6) is 0.936. The molecular formula is C23H31NO3. The molecule has 1 amide bonds. The summed E-state index contributed by atoms with van der Waals surface area (Å²) in [4.78, 5) is 13.4. The van der Waals surface area contributed by atoms with Gasteiger partial charge in [0.25, 0.3) is 0 Å². The maximum Gasteiger partial charge on any atom is 0.222 e. The van der Waals surface area contributed by atoms with E-state index < -0.39 is 0 Å². The lowest BCUT2D eigenvalue weighted by Gasteiger charge is -2.15. The normalized spacial score (nSPS) is 10.6. The highest BCUT2D eigenvalue weighted by molar-refractivity contribution is 5.76. The van der Waals surface area contributed by atoms with E-state index in [1.54, 1.807) is 11.9 Å². The van der Waals surface area contributed by atoms with Crippen molar-refractivity contribution < 1.29 is 14.6 Å². The number of aliphatic hydroxyl groups excluding tert-OH is 1. The summed E-state index contributed by atoms with van der Waals surface area (Å²) in [6, 6.07) is 18.6. The van der Waals surface area contributed by atoms with E-state index in [1.807, 2.05) is 24.3 Å². The number of carbonyl (C=O) groups excluding carboxylic acids is 1. The van der Waals surface area contributed by atoms with Gasteiger partial charge in [-0.15, -0.1) is 0 Å². The molecule has 0 aliphatic carbocycles. The highest BCUT2D eigenvalue weighted by Crippen LogP contribution is 2.15. The Balaban J connectivity index is 1.59. The molecule has 0 fully saturated rings. The van der Waals surface area contributed by atoms with Crippen LogP contribution in [0.4, 0.5) is 0 Å². The number of hydrogen-bond acceptors (Lipinski definition) is 3. The smallest absolute Gasteiger partial charge is 0.222 e. The fourth-order valence-electron chi connectivity index (χ4n) is 2.91. The van der Waals surface area contributed by atoms with Gasteiger partial charge in [-0.3, -0.25) is 4.79 Å². The lowest BCUT2D eigenvalue weighted by molar-refractivity contribution is -0.130. The molecule has 0 saturated carbocycles. The van der Waals surface area contributed by atoms with E-state index in [-0.39, 0.29) is 12.5 Å². The van der Waals surface area contributed by atoms with E-state index in [4.69, 9.17) is 9.84 Å². The zero-order valence-electron chi connectivity index (χ0n) is 16.3. The molecule has 4 nitrogen and oxygen atoms in total. The van der Waals surface area contributed by atoms with Gasteiger partial charge in [0.05, 0.1) is 13.2 Å². The SMILES string of the molecule is CN(CCO)C(=O)CCc1ccc(OCCCCCc2ccccc2)cc1. The lowest BCUT2D eigenvalue weighted by atomic mass is 10.1. The van der Waals surface area contributed by atoms with Gasteiger partial charge < -0.3 is 14.7 Å². The van der Waals surface area contributed by atoms with Crippen molar-refractivity contribution in [2.24, 2.45) is 0 Å². The summed E-state index contributed by atoms with van der Waals surface area (Å²) in [7, 11) is 1.72. The highest BCUT2D eigenvalue weighted by Gasteiger charge is 2.08. The van der Waals surface area contributed by atoms with Crippen LogP contribution in [0, 0.1) is 0 Å². The summed E-state index contributed by atoms with van der Waals surface area (Å²) in [5.41, 5.74) is 2.52. The van der Waals surface area contributed by atoms with Gasteiger partial charge in [0.1, 0.15) is 5.75 Å². The zero-order chi connectivity index (χ0) is 19.3. The second-order valence-electron chi connectivity index (χ2n) is 6.83. The van der Waals surface area contributed by atoms with Crippen LogP contribution in [-0.4, -0.2) is 42.7 Å². The standard InChI is InChI=1S/C23H31NO3/c1-24(17-18-25)23(26)16-13-21-11-14-22(15-12-21)27-19-7-3-6-10-20-8-4-2-5-9-20/h2,4-5,8-9,11-12,14-15,25H,3,6-7,10,13,16-19H2,1H3. The average molecular weight is 370 g/mol. The van der Waals surface area contributed by atoms with Gasteiger partial charge in [-0.2, -0.15) is 0 Å². The lowest BCUT2D eigenvalue weighted by Crippen LogP contribution is -2.29. The highest BCUT2D eigenvalue weighted by atomic mass is 16.5. The molecule has 0 spiro atoms. The number of likely N-dealkylation sites (N-methyl/N-ethyl adjacent to an activating group) is 1. The molecule has 1 N–H and O–H groups in total. The first kappa shape index (κ1) is 21.0. The predicted octanol–water partition coefficient (Wildman–Crippen LogP) is 3.86. The summed E-state index contributed by atoms with van der Waals surface area (Å²) >= 11 is 0. The van der Waals surface area contributed by atoms with Crippen molar-refractivity contribution in [1.82, 2.24) is 4.90 Å². The van der Waals surface area contributed by atoms with Crippen molar-refractivity contribution in [3.63, 3.8) is 0 Å². The fourth-order valence-corrected chi connectivity index (χ4v) is 2.91. The van der Waals surface area contributed by atoms with Crippen LogP contribution in [0.1, 0.15) is 36.8 Å². The minimum absolute atomic E-state index is 0.000527. The molecular weight excluding hydrogens is 338 g/mol. The number of benzene rings is 2. The van der Waals surface area contributed by atoms with Crippen molar-refractivity contribution in [2.45, 2.75) is 38.5 Å². The topological polar surface area (TPSA) is 49.8 Å². The largest absolute Gasteiger partial charge is 0.494 e. The predicted molar refractivity (Wildman–Crippen MR) is 109 cm³/mol. The van der Waals surface area contributed by atoms with Crippen LogP contribution in [-0.2, 0) is 17.6 Å². The number of rotatable bonds is 12. The first-order chi connectivity index (χ1) is 13.2. The molecule has 0 radical (unpaired) electrons. The number of carbonyl (C=O) groups is 1. The van der Waals surface area contributed by atoms with Crippen molar-refractivity contribution in [1.29, 1.82) is 0 Å². The number of unbranched alkanes of at least 4 members (excludes halogenated alkanes) is 2. The van der Waals surface area contributed by atoms with E-state index in [0.29, 0.717) is 19.4 Å². The van der Waals surface area contributed by atoms with E-state index >= 15 is 0 Å². The van der Waals surface area contributed by atoms with Crippen molar-refractivity contribution in [3.8, 4) is 5.75 Å². The Morgan fingerprint density at radius 1 is 0.926 bits per heavy atom. The Labute approximate surface area is 162 Å². The number of amides is 1. The Bertz CT molecular complexity index is 655. The Kier molecular flexibility index (Phi) is 9.42. The van der Waals surface area contributed by atoms with Crippen LogP contribution in [0.25, 0.3) is 0 Å². The molecule has 0 saturated heterocycles. The number of aliphatic hydroxyl groups is 1. The monoisotopic (exact) mass is 369 g/mol. The minimum atomic E-state index is 0.000527. The van der Waals surface area contributed by atoms with E-state index in [9.17, 15) is 4.79 Å². The van der Waals surface area contributed by atoms with E-state index in [2.05, 4.69) is 30.3 Å². The molecule has 2 aromatic rings. The first-order valence-corrected chi connectivity index (χ1v) is 9.79. The summed E-state index contributed by atoms with van der Waals surface area (Å²) in [6.45, 7) is 1.12. The molecule has 0 aromatic heterocycles. The number of ether oxygens (including phenoxy) is 1. The molecule has 0 unspecified atom stereocenters. The quantitative estimate of drug-likeness (QED) is 0.578. The average Bonchev–Trinajstić information content (AvgIpc) is 2.70. The third kappa shape index (κ3) is 8.27. The summed E-state index contributed by atoms with van der Waals surface area (Å²) < 4.78 is 5.81. The Hall–Kier alpha value is -2.33. The molecule has 27 heavy (non-hydrogen) atoms. The Morgan fingerprint density at radius 2 is 1.63 bits per heavy atom. The summed E-state index contributed by atoms with van der Waals surface area (Å²) in [5, 5.41) is 8.86. The molecule has 2 aromatic carbocycles. The first-order valence-electron chi connectivity index (χ1n) is 9.79. The molecule has 0 aliphatic heterocycles. The number of hydrogen-bond donors (Lipinski definition) is 1. The van der Waals surface area contributed by atoms with Crippen LogP contribution < -0.4 is 4.74 Å². The van der Waals surface area contributed by atoms with Crippen molar-refractivity contribution >= 4 is 5.91 Å². The van der Waals surface area contributed by atoms with Crippen LogP contribution in [0.5, 0.6) is 5.75 Å². The molecule has 0 bridgehead atoms. The summed E-state index contributed by atoms with van der Waals surface area (Å²) in [6.07, 6.45) is 5.69. The van der Waals surface area contributed by atoms with Crippen molar-refractivity contribution in [3.05, 3.63) is 65.7 Å². The van der Waals surface area contributed by atoms with Crippen LogP contribution in [0.3, 0.4) is 0 Å². The second-order valence-corrected chi connectivity index (χ2v) is 6.83. The van der Waals surface area contributed by atoms with Gasteiger partial charge in [-0.25, -0.2) is 0 Å². The second kappa shape index (κ2) is 12.1. The van der Waals surface area contributed by atoms with Gasteiger partial charge in [-0.05, 0) is 55.4 Å². The third-order valence-electron chi connectivity index (χ3n) is 4.63. The van der Waals surface area contributed by atoms with Gasteiger partial charge >= 0.3 is 0 Å². The maximum absolute atomic E-state index is 11.9. The number of aryl methyl sites for hydroxylation is 2. The van der Waals surface area contributed by atoms with Crippen LogP contribution >= 0.6 is 0 Å². The Morgan fingerprint density at radius 3 is 2.33 bits per heavy atom. The molecule has 0 heterocycles. The third-order valence-corrected chi connectivity index (χ3v) is 4.63. The fraction of sp³-hybridized carbons (Fsp3) is 0.435. The van der Waals surface area contributed by atoms with E-state index in [1.165, 1.54) is 12.0 Å². The molecule has 0 aliphatic rings. The molecule has 146 valence electrons. The molecule has 2 rings (SSSR count). The van der Waals surface area contributed by atoms with Gasteiger partial charge in [0.15, 0.2) is 0 Å². The van der Waals surface area contributed by atoms with Crippen molar-refractivity contribution in [2.75, 3.05) is 26.8 Å². The van der Waals surface area contributed by atoms with Gasteiger partial charge in [0, 0.05) is 20.0 Å². The minimum Gasteiger partial charge on any atom is -0.494 e. The number of nitrogens with zero attached hydrogens (tertiary/aromatic N) is 1. The van der Waals surface area contributed by atoms with Gasteiger partial charge in [-0.1, -0.05) is 42.5 Å². The zero-order valence-corrected chi connectivity index (χ0v) is 16.3. The molecule has 4 heteroatoms. The maximum atomic E-state index is 11.9. The van der Waals surface area contributed by atoms with Gasteiger partial charge in [0.2, 0.25) is 5.91 Å².